The molecule has 0 fully saturated rings. The number of pyridine rings is 1. The molecule has 1 amide bonds. The van der Waals surface area contributed by atoms with Crippen molar-refractivity contribution in [3.63, 3.8) is 0 Å². The first-order valence-corrected chi connectivity index (χ1v) is 4.52. The summed E-state index contributed by atoms with van der Waals surface area (Å²) in [6, 6.07) is 3.47. The van der Waals surface area contributed by atoms with Crippen LogP contribution < -0.4 is 5.32 Å². The summed E-state index contributed by atoms with van der Waals surface area (Å²) in [5.74, 6) is -0.0506. The van der Waals surface area contributed by atoms with Crippen molar-refractivity contribution in [1.29, 1.82) is 5.26 Å². The Morgan fingerprint density at radius 3 is 3.23 bits per heavy atom. The maximum atomic E-state index is 11.1. The smallest absolute Gasteiger partial charge is 0.235 e. The molecule has 13 heavy (non-hydrogen) atoms. The second-order valence-electron chi connectivity index (χ2n) is 2.17. The van der Waals surface area contributed by atoms with E-state index in [1.807, 2.05) is 5.40 Å². The molecule has 0 aromatic carbocycles. The lowest BCUT2D eigenvalue weighted by atomic mass is 10.4. The van der Waals surface area contributed by atoms with Gasteiger partial charge in [0.05, 0.1) is 17.6 Å². The summed E-state index contributed by atoms with van der Waals surface area (Å²) < 4.78 is 0. The van der Waals surface area contributed by atoms with Gasteiger partial charge in [0, 0.05) is 6.20 Å². The van der Waals surface area contributed by atoms with Crippen molar-refractivity contribution in [3.8, 4) is 5.40 Å². The minimum Gasteiger partial charge on any atom is -0.324 e. The number of nitriles is 1. The highest BCUT2D eigenvalue weighted by Crippen LogP contribution is 2.04. The third-order valence-electron chi connectivity index (χ3n) is 1.21. The van der Waals surface area contributed by atoms with Gasteiger partial charge >= 0.3 is 0 Å². The fraction of sp³-hybridized carbons (Fsp3) is 0.125. The lowest BCUT2D eigenvalue weighted by Gasteiger charge is -2.00. The van der Waals surface area contributed by atoms with Crippen molar-refractivity contribution in [1.82, 2.24) is 4.98 Å². The standard InChI is InChI=1S/C8H7N3OS/c9-6-13-5-8(12)11-7-2-1-3-10-4-7/h1-4H,5H2,(H,11,12). The number of carbonyl (C=O) groups excluding carboxylic acids is 1. The number of thioether (sulfide) groups is 1. The highest BCUT2D eigenvalue weighted by atomic mass is 32.2. The summed E-state index contributed by atoms with van der Waals surface area (Å²) in [4.78, 5) is 14.9. The first-order valence-electron chi connectivity index (χ1n) is 3.53. The number of nitrogens with one attached hydrogen (secondary N) is 1. The van der Waals surface area contributed by atoms with Crippen molar-refractivity contribution in [3.05, 3.63) is 24.5 Å². The Labute approximate surface area is 80.0 Å². The van der Waals surface area contributed by atoms with Crippen LogP contribution >= 0.6 is 11.8 Å². The fourth-order valence-electron chi connectivity index (χ4n) is 0.732. The van der Waals surface area contributed by atoms with Gasteiger partial charge in [-0.2, -0.15) is 5.26 Å². The lowest BCUT2D eigenvalue weighted by Crippen LogP contribution is -2.13. The van der Waals surface area contributed by atoms with Gasteiger partial charge in [-0.25, -0.2) is 0 Å². The number of amides is 1. The van der Waals surface area contributed by atoms with Crippen LogP contribution in [0, 0.1) is 10.7 Å². The maximum Gasteiger partial charge on any atom is 0.235 e. The van der Waals surface area contributed by atoms with Crippen LogP contribution in [0.4, 0.5) is 5.69 Å². The van der Waals surface area contributed by atoms with Crippen LogP contribution in [-0.4, -0.2) is 16.6 Å². The molecule has 0 saturated heterocycles. The molecule has 1 aromatic rings. The summed E-state index contributed by atoms with van der Waals surface area (Å²) in [6.07, 6.45) is 3.18. The molecule has 0 bridgehead atoms. The molecule has 0 atom stereocenters. The van der Waals surface area contributed by atoms with Gasteiger partial charge in [-0.15, -0.1) is 0 Å². The zero-order chi connectivity index (χ0) is 9.52. The molecule has 1 heterocycles. The van der Waals surface area contributed by atoms with Crippen LogP contribution in [0.5, 0.6) is 0 Å². The van der Waals surface area contributed by atoms with E-state index in [2.05, 4.69) is 10.3 Å². The molecule has 0 saturated carbocycles. The van der Waals surface area contributed by atoms with Gasteiger partial charge in [0.25, 0.3) is 0 Å². The van der Waals surface area contributed by atoms with Gasteiger partial charge in [0.1, 0.15) is 5.40 Å². The number of anilines is 1. The van der Waals surface area contributed by atoms with E-state index in [1.54, 1.807) is 24.5 Å². The van der Waals surface area contributed by atoms with E-state index in [4.69, 9.17) is 5.26 Å². The lowest BCUT2D eigenvalue weighted by molar-refractivity contribution is -0.113. The summed E-state index contributed by atoms with van der Waals surface area (Å²) in [5.41, 5.74) is 0.644. The van der Waals surface area contributed by atoms with Crippen molar-refractivity contribution in [2.75, 3.05) is 11.1 Å². The van der Waals surface area contributed by atoms with Gasteiger partial charge in [-0.05, 0) is 23.9 Å². The molecule has 1 rings (SSSR count). The third kappa shape index (κ3) is 3.58. The predicted molar refractivity (Wildman–Crippen MR) is 50.9 cm³/mol. The summed E-state index contributed by atoms with van der Waals surface area (Å²) >= 11 is 0.909. The van der Waals surface area contributed by atoms with Gasteiger partial charge in [-0.1, -0.05) is 0 Å². The van der Waals surface area contributed by atoms with Crippen LogP contribution in [0.25, 0.3) is 0 Å². The Kier molecular flexibility index (Phi) is 3.79. The zero-order valence-electron chi connectivity index (χ0n) is 6.73. The van der Waals surface area contributed by atoms with Crippen LogP contribution in [0.3, 0.4) is 0 Å². The number of aromatic nitrogens is 1. The molecular weight excluding hydrogens is 186 g/mol. The first-order chi connectivity index (χ1) is 6.33. The van der Waals surface area contributed by atoms with Crippen LogP contribution in [0.15, 0.2) is 24.5 Å². The normalized spacial score (nSPS) is 8.85. The largest absolute Gasteiger partial charge is 0.324 e. The molecule has 5 heteroatoms. The number of nitrogens with zero attached hydrogens (tertiary/aromatic N) is 2. The number of hydrogen-bond donors (Lipinski definition) is 1. The zero-order valence-corrected chi connectivity index (χ0v) is 7.54. The second-order valence-corrected chi connectivity index (χ2v) is 2.93. The molecule has 0 aliphatic rings. The van der Waals surface area contributed by atoms with E-state index in [1.165, 1.54) is 0 Å². The van der Waals surface area contributed by atoms with Crippen LogP contribution in [0.1, 0.15) is 0 Å². The van der Waals surface area contributed by atoms with E-state index in [-0.39, 0.29) is 11.7 Å². The van der Waals surface area contributed by atoms with Gasteiger partial charge in [0.2, 0.25) is 5.91 Å². The predicted octanol–water partition coefficient (Wildman–Crippen LogP) is 1.23. The van der Waals surface area contributed by atoms with Crippen LogP contribution in [-0.2, 0) is 4.79 Å². The van der Waals surface area contributed by atoms with E-state index in [9.17, 15) is 4.79 Å². The Hall–Kier alpha value is -1.54. The molecular formula is C8H7N3OS. The molecule has 0 spiro atoms. The Bertz CT molecular complexity index is 320. The van der Waals surface area contributed by atoms with E-state index >= 15 is 0 Å². The van der Waals surface area contributed by atoms with Gasteiger partial charge < -0.3 is 5.32 Å². The molecule has 0 radical (unpaired) electrons. The number of thiocyanates is 1. The van der Waals surface area contributed by atoms with E-state index in [0.717, 1.165) is 11.8 Å². The number of rotatable bonds is 3. The first kappa shape index (κ1) is 9.55. The monoisotopic (exact) mass is 193 g/mol. The van der Waals surface area contributed by atoms with Crippen molar-refractivity contribution < 1.29 is 4.79 Å². The molecule has 1 aromatic heterocycles. The average molecular weight is 193 g/mol. The second kappa shape index (κ2) is 5.17. The topological polar surface area (TPSA) is 65.8 Å². The van der Waals surface area contributed by atoms with Crippen molar-refractivity contribution in [2.45, 2.75) is 0 Å². The number of hydrogen-bond acceptors (Lipinski definition) is 4. The summed E-state index contributed by atoms with van der Waals surface area (Å²) in [5, 5.41) is 12.6. The highest BCUT2D eigenvalue weighted by molar-refractivity contribution is 8.04. The quantitative estimate of drug-likeness (QED) is 0.733. The van der Waals surface area contributed by atoms with Gasteiger partial charge in [0.15, 0.2) is 0 Å². The Morgan fingerprint density at radius 2 is 2.62 bits per heavy atom. The summed E-state index contributed by atoms with van der Waals surface area (Å²) in [7, 11) is 0. The average Bonchev–Trinajstić information content (AvgIpc) is 2.16. The minimum absolute atomic E-state index is 0.144. The third-order valence-corrected chi connectivity index (χ3v) is 1.75. The SMILES string of the molecule is N#CSCC(=O)Nc1cccnc1. The van der Waals surface area contributed by atoms with Crippen molar-refractivity contribution in [2.24, 2.45) is 0 Å². The molecule has 1 N–H and O–H groups in total. The molecule has 66 valence electrons. The molecule has 0 unspecified atom stereocenters. The maximum absolute atomic E-state index is 11.1. The Balaban J connectivity index is 2.42. The number of carbonyl (C=O) groups is 1. The summed E-state index contributed by atoms with van der Waals surface area (Å²) in [6.45, 7) is 0. The van der Waals surface area contributed by atoms with Crippen molar-refractivity contribution >= 4 is 23.4 Å². The van der Waals surface area contributed by atoms with E-state index < -0.39 is 0 Å². The van der Waals surface area contributed by atoms with E-state index in [0.29, 0.717) is 5.69 Å². The highest BCUT2D eigenvalue weighted by Gasteiger charge is 2.00. The fourth-order valence-corrected chi connectivity index (χ4v) is 0.999. The minimum atomic E-state index is -0.195. The molecule has 4 nitrogen and oxygen atoms in total. The van der Waals surface area contributed by atoms with Gasteiger partial charge in [-0.3, -0.25) is 9.78 Å². The van der Waals surface area contributed by atoms with Crippen LogP contribution in [0.2, 0.25) is 0 Å². The Morgan fingerprint density at radius 1 is 1.77 bits per heavy atom. The molecule has 0 aliphatic heterocycles. The molecule has 0 aliphatic carbocycles.